The number of aromatic nitrogens is 2. The molecule has 2 aromatic rings. The van der Waals surface area contributed by atoms with Crippen LogP contribution in [0.5, 0.6) is 0 Å². The van der Waals surface area contributed by atoms with Crippen molar-refractivity contribution in [1.82, 2.24) is 14.9 Å². The van der Waals surface area contributed by atoms with Gasteiger partial charge in [-0.05, 0) is 31.2 Å². The summed E-state index contributed by atoms with van der Waals surface area (Å²) in [5, 5.41) is 0.963. The van der Waals surface area contributed by atoms with Gasteiger partial charge in [-0.15, -0.1) is 11.8 Å². The van der Waals surface area contributed by atoms with Gasteiger partial charge in [0.25, 0.3) is 0 Å². The Hall–Kier alpha value is -2.08. The average Bonchev–Trinajstić information content (AvgIpc) is 2.74. The second-order valence-corrected chi connectivity index (χ2v) is 8.25. The molecule has 142 valence electrons. The zero-order valence-electron chi connectivity index (χ0n) is 15.6. The summed E-state index contributed by atoms with van der Waals surface area (Å²) in [5.41, 5.74) is 1.29. The van der Waals surface area contributed by atoms with E-state index in [9.17, 15) is 4.79 Å². The van der Waals surface area contributed by atoms with Crippen LogP contribution in [-0.4, -0.2) is 46.5 Å². The van der Waals surface area contributed by atoms with Crippen molar-refractivity contribution in [3.05, 3.63) is 48.3 Å². The molecule has 0 saturated carbocycles. The largest absolute Gasteiger partial charge is 0.355 e. The van der Waals surface area contributed by atoms with Crippen molar-refractivity contribution in [2.75, 3.05) is 24.5 Å². The minimum atomic E-state index is 0.346. The second-order valence-electron chi connectivity index (χ2n) is 7.25. The summed E-state index contributed by atoms with van der Waals surface area (Å²) in [4.78, 5) is 25.8. The lowest BCUT2D eigenvalue weighted by molar-refractivity contribution is -0.136. The van der Waals surface area contributed by atoms with Gasteiger partial charge in [-0.25, -0.2) is 4.98 Å². The molecule has 2 saturated heterocycles. The summed E-state index contributed by atoms with van der Waals surface area (Å²) < 4.78 is 0. The minimum Gasteiger partial charge on any atom is -0.355 e. The van der Waals surface area contributed by atoms with Crippen LogP contribution in [0.3, 0.4) is 0 Å². The van der Waals surface area contributed by atoms with E-state index >= 15 is 0 Å². The maximum absolute atomic E-state index is 12.2. The molecule has 0 N–H and O–H groups in total. The lowest BCUT2D eigenvalue weighted by atomic mass is 9.99. The predicted molar refractivity (Wildman–Crippen MR) is 109 cm³/mol. The number of anilines is 1. The summed E-state index contributed by atoms with van der Waals surface area (Å²) in [6, 6.07) is 10.8. The summed E-state index contributed by atoms with van der Waals surface area (Å²) >= 11 is 1.72. The zero-order valence-corrected chi connectivity index (χ0v) is 16.4. The number of hydrogen-bond acceptors (Lipinski definition) is 5. The van der Waals surface area contributed by atoms with Gasteiger partial charge in [0.2, 0.25) is 5.91 Å². The fraction of sp³-hybridized carbons (Fsp3) is 0.476. The maximum Gasteiger partial charge on any atom is 0.222 e. The van der Waals surface area contributed by atoms with Crippen LogP contribution in [0.1, 0.15) is 37.7 Å². The highest BCUT2D eigenvalue weighted by molar-refractivity contribution is 7.98. The number of nitrogens with zero attached hydrogens (tertiary/aromatic N) is 4. The molecule has 6 heteroatoms. The van der Waals surface area contributed by atoms with Crippen LogP contribution in [0.15, 0.2) is 47.8 Å². The Labute approximate surface area is 165 Å². The molecule has 2 aliphatic heterocycles. The molecule has 0 radical (unpaired) electrons. The molecule has 2 aliphatic rings. The van der Waals surface area contributed by atoms with Crippen molar-refractivity contribution in [2.45, 2.75) is 48.9 Å². The van der Waals surface area contributed by atoms with Crippen molar-refractivity contribution in [1.29, 1.82) is 0 Å². The highest BCUT2D eigenvalue weighted by Crippen LogP contribution is 2.26. The lowest BCUT2D eigenvalue weighted by Crippen LogP contribution is -2.49. The van der Waals surface area contributed by atoms with Crippen LogP contribution in [0.4, 0.5) is 5.82 Å². The zero-order chi connectivity index (χ0) is 18.5. The van der Waals surface area contributed by atoms with Gasteiger partial charge >= 0.3 is 0 Å². The number of rotatable bonds is 5. The molecular formula is C21H26N4OS. The fourth-order valence-electron chi connectivity index (χ4n) is 3.91. The molecule has 0 unspecified atom stereocenters. The SMILES string of the molecule is O=C1CCCCN1C1CCN(c2cncc(SCc3ccccc3)n2)CC1. The van der Waals surface area contributed by atoms with Crippen LogP contribution in [-0.2, 0) is 10.5 Å². The van der Waals surface area contributed by atoms with Crippen molar-refractivity contribution < 1.29 is 4.79 Å². The summed E-state index contributed by atoms with van der Waals surface area (Å²) in [7, 11) is 0. The number of hydrogen-bond donors (Lipinski definition) is 0. The molecule has 2 fully saturated rings. The lowest BCUT2D eigenvalue weighted by Gasteiger charge is -2.40. The Bertz CT molecular complexity index is 762. The molecule has 27 heavy (non-hydrogen) atoms. The third-order valence-electron chi connectivity index (χ3n) is 5.42. The Balaban J connectivity index is 1.33. The molecule has 3 heterocycles. The molecule has 4 rings (SSSR count). The molecule has 0 spiro atoms. The Kier molecular flexibility index (Phi) is 5.92. The predicted octanol–water partition coefficient (Wildman–Crippen LogP) is 3.75. The number of amides is 1. The van der Waals surface area contributed by atoms with E-state index in [1.165, 1.54) is 5.56 Å². The average molecular weight is 383 g/mol. The molecule has 0 bridgehead atoms. The normalized spacial score (nSPS) is 18.7. The number of benzene rings is 1. The molecule has 1 aromatic heterocycles. The van der Waals surface area contributed by atoms with E-state index in [4.69, 9.17) is 4.98 Å². The van der Waals surface area contributed by atoms with Crippen molar-refractivity contribution >= 4 is 23.5 Å². The summed E-state index contributed by atoms with van der Waals surface area (Å²) in [6.45, 7) is 2.82. The maximum atomic E-state index is 12.2. The first kappa shape index (κ1) is 18.3. The van der Waals surface area contributed by atoms with E-state index in [2.05, 4.69) is 39.0 Å². The number of thioether (sulfide) groups is 1. The van der Waals surface area contributed by atoms with Crippen molar-refractivity contribution in [2.24, 2.45) is 0 Å². The van der Waals surface area contributed by atoms with Crippen LogP contribution >= 0.6 is 11.8 Å². The number of carbonyl (C=O) groups excluding carboxylic acids is 1. The molecule has 5 nitrogen and oxygen atoms in total. The number of carbonyl (C=O) groups is 1. The molecule has 1 aromatic carbocycles. The minimum absolute atomic E-state index is 0.346. The molecule has 0 aliphatic carbocycles. The smallest absolute Gasteiger partial charge is 0.222 e. The molecular weight excluding hydrogens is 356 g/mol. The van der Waals surface area contributed by atoms with Crippen LogP contribution in [0, 0.1) is 0 Å². The molecule has 0 atom stereocenters. The fourth-order valence-corrected chi connectivity index (χ4v) is 4.71. The van der Waals surface area contributed by atoms with E-state index in [1.54, 1.807) is 11.8 Å². The van der Waals surface area contributed by atoms with Gasteiger partial charge in [-0.2, -0.15) is 0 Å². The first-order chi connectivity index (χ1) is 13.3. The van der Waals surface area contributed by atoms with Gasteiger partial charge in [0.05, 0.1) is 12.4 Å². The van der Waals surface area contributed by atoms with Crippen molar-refractivity contribution in [3.8, 4) is 0 Å². The Morgan fingerprint density at radius 3 is 2.63 bits per heavy atom. The van der Waals surface area contributed by atoms with Crippen LogP contribution in [0.25, 0.3) is 0 Å². The monoisotopic (exact) mass is 382 g/mol. The van der Waals surface area contributed by atoms with Gasteiger partial charge in [0.1, 0.15) is 10.8 Å². The first-order valence-electron chi connectivity index (χ1n) is 9.83. The summed E-state index contributed by atoms with van der Waals surface area (Å²) in [6.07, 6.45) is 8.68. The van der Waals surface area contributed by atoms with E-state index in [0.717, 1.165) is 68.3 Å². The number of piperidine rings is 2. The molecule has 1 amide bonds. The van der Waals surface area contributed by atoms with Gasteiger partial charge in [0.15, 0.2) is 0 Å². The topological polar surface area (TPSA) is 49.3 Å². The van der Waals surface area contributed by atoms with Gasteiger partial charge in [-0.3, -0.25) is 9.78 Å². The quantitative estimate of drug-likeness (QED) is 0.737. The Morgan fingerprint density at radius 2 is 1.85 bits per heavy atom. The van der Waals surface area contributed by atoms with Gasteiger partial charge in [-0.1, -0.05) is 30.3 Å². The highest BCUT2D eigenvalue weighted by Gasteiger charge is 2.29. The van der Waals surface area contributed by atoms with Gasteiger partial charge in [0, 0.05) is 37.8 Å². The van der Waals surface area contributed by atoms with E-state index < -0.39 is 0 Å². The van der Waals surface area contributed by atoms with E-state index in [-0.39, 0.29) is 0 Å². The van der Waals surface area contributed by atoms with Crippen LogP contribution < -0.4 is 4.90 Å². The number of likely N-dealkylation sites (tertiary alicyclic amines) is 1. The first-order valence-corrected chi connectivity index (χ1v) is 10.8. The Morgan fingerprint density at radius 1 is 1.04 bits per heavy atom. The van der Waals surface area contributed by atoms with E-state index in [1.807, 2.05) is 18.5 Å². The van der Waals surface area contributed by atoms with Crippen LogP contribution in [0.2, 0.25) is 0 Å². The summed E-state index contributed by atoms with van der Waals surface area (Å²) in [5.74, 6) is 2.20. The highest BCUT2D eigenvalue weighted by atomic mass is 32.2. The van der Waals surface area contributed by atoms with Gasteiger partial charge < -0.3 is 9.80 Å². The van der Waals surface area contributed by atoms with E-state index in [0.29, 0.717) is 11.9 Å². The standard InChI is InChI=1S/C21H26N4OS/c26-21-8-4-5-11-25(21)18-9-12-24(13-10-18)19-14-22-15-20(23-19)27-16-17-6-2-1-3-7-17/h1-3,6-7,14-15,18H,4-5,8-13,16H2. The second kappa shape index (κ2) is 8.74. The third kappa shape index (κ3) is 4.61. The van der Waals surface area contributed by atoms with Crippen molar-refractivity contribution in [3.63, 3.8) is 0 Å². The third-order valence-corrected chi connectivity index (χ3v) is 6.39.